The molecule has 1 aromatic rings. The maximum Gasteiger partial charge on any atom is 0.119 e. The number of thioether (sulfide) groups is 1. The standard InChI is InChI=1S/C16H28N2OS/c1-5-20-11-7-10-17-13-16(18(2)3)14-8-6-9-15(12-14)19-4/h6,8-9,12,16-17H,5,7,10-11,13H2,1-4H3. The molecule has 1 unspecified atom stereocenters. The molecule has 114 valence electrons. The molecule has 0 aliphatic carbocycles. The van der Waals surface area contributed by atoms with Crippen molar-refractivity contribution in [1.29, 1.82) is 0 Å². The van der Waals surface area contributed by atoms with Crippen LogP contribution in [-0.2, 0) is 0 Å². The van der Waals surface area contributed by atoms with Gasteiger partial charge in [-0.3, -0.25) is 0 Å². The largest absolute Gasteiger partial charge is 0.497 e. The van der Waals surface area contributed by atoms with E-state index in [1.807, 2.05) is 17.8 Å². The summed E-state index contributed by atoms with van der Waals surface area (Å²) in [5, 5.41) is 3.57. The van der Waals surface area contributed by atoms with Gasteiger partial charge in [0.2, 0.25) is 0 Å². The average Bonchev–Trinajstić information content (AvgIpc) is 2.46. The lowest BCUT2D eigenvalue weighted by molar-refractivity contribution is 0.288. The van der Waals surface area contributed by atoms with Gasteiger partial charge in [-0.1, -0.05) is 19.1 Å². The van der Waals surface area contributed by atoms with Crippen LogP contribution in [0.5, 0.6) is 5.75 Å². The lowest BCUT2D eigenvalue weighted by Crippen LogP contribution is -2.31. The summed E-state index contributed by atoms with van der Waals surface area (Å²) in [7, 11) is 5.96. The summed E-state index contributed by atoms with van der Waals surface area (Å²) in [5.41, 5.74) is 1.30. The second-order valence-electron chi connectivity index (χ2n) is 5.01. The Morgan fingerprint density at radius 1 is 1.35 bits per heavy atom. The predicted molar refractivity (Wildman–Crippen MR) is 89.9 cm³/mol. The van der Waals surface area contributed by atoms with E-state index in [4.69, 9.17) is 4.74 Å². The maximum atomic E-state index is 5.31. The van der Waals surface area contributed by atoms with Crippen LogP contribution in [0.1, 0.15) is 24.9 Å². The first kappa shape index (κ1) is 17.3. The maximum absolute atomic E-state index is 5.31. The van der Waals surface area contributed by atoms with Gasteiger partial charge < -0.3 is 15.0 Å². The zero-order valence-electron chi connectivity index (χ0n) is 13.2. The molecule has 3 nitrogen and oxygen atoms in total. The Kier molecular flexibility index (Phi) is 8.74. The number of hydrogen-bond donors (Lipinski definition) is 1. The first-order chi connectivity index (χ1) is 9.69. The van der Waals surface area contributed by atoms with Crippen LogP contribution in [0.25, 0.3) is 0 Å². The van der Waals surface area contributed by atoms with E-state index in [2.05, 4.69) is 49.4 Å². The SMILES string of the molecule is CCSCCCNCC(c1cccc(OC)c1)N(C)C. The minimum Gasteiger partial charge on any atom is -0.497 e. The third kappa shape index (κ3) is 6.16. The van der Waals surface area contributed by atoms with E-state index in [-0.39, 0.29) is 0 Å². The lowest BCUT2D eigenvalue weighted by atomic mass is 10.1. The van der Waals surface area contributed by atoms with Crippen LogP contribution < -0.4 is 10.1 Å². The Hall–Kier alpha value is -0.710. The van der Waals surface area contributed by atoms with Crippen LogP contribution in [0, 0.1) is 0 Å². The molecule has 0 aliphatic heterocycles. The summed E-state index contributed by atoms with van der Waals surface area (Å²) < 4.78 is 5.31. The van der Waals surface area contributed by atoms with Crippen molar-refractivity contribution in [2.45, 2.75) is 19.4 Å². The summed E-state index contributed by atoms with van der Waals surface area (Å²) in [5.74, 6) is 3.38. The quantitative estimate of drug-likeness (QED) is 0.671. The topological polar surface area (TPSA) is 24.5 Å². The fourth-order valence-corrected chi connectivity index (χ4v) is 2.77. The van der Waals surface area contributed by atoms with Crippen LogP contribution in [0.4, 0.5) is 0 Å². The number of nitrogens with zero attached hydrogens (tertiary/aromatic N) is 1. The van der Waals surface area contributed by atoms with E-state index >= 15 is 0 Å². The van der Waals surface area contributed by atoms with Crippen molar-refractivity contribution in [1.82, 2.24) is 10.2 Å². The van der Waals surface area contributed by atoms with Crippen molar-refractivity contribution < 1.29 is 4.74 Å². The van der Waals surface area contributed by atoms with E-state index in [0.717, 1.165) is 18.8 Å². The second-order valence-corrected chi connectivity index (χ2v) is 6.40. The molecule has 0 spiro atoms. The monoisotopic (exact) mass is 296 g/mol. The first-order valence-electron chi connectivity index (χ1n) is 7.27. The van der Waals surface area contributed by atoms with Crippen molar-refractivity contribution in [2.24, 2.45) is 0 Å². The molecule has 0 aliphatic rings. The Labute approximate surface area is 128 Å². The molecule has 1 atom stereocenters. The van der Waals surface area contributed by atoms with Crippen LogP contribution in [0.3, 0.4) is 0 Å². The average molecular weight is 296 g/mol. The molecule has 1 N–H and O–H groups in total. The molecular formula is C16H28N2OS. The highest BCUT2D eigenvalue weighted by Gasteiger charge is 2.14. The van der Waals surface area contributed by atoms with Gasteiger partial charge in [-0.15, -0.1) is 0 Å². The van der Waals surface area contributed by atoms with Gasteiger partial charge in [-0.05, 0) is 56.3 Å². The van der Waals surface area contributed by atoms with Gasteiger partial charge in [-0.2, -0.15) is 11.8 Å². The van der Waals surface area contributed by atoms with Crippen LogP contribution >= 0.6 is 11.8 Å². The molecule has 1 rings (SSSR count). The fraction of sp³-hybridized carbons (Fsp3) is 0.625. The predicted octanol–water partition coefficient (Wildman–Crippen LogP) is 3.03. The number of ether oxygens (including phenoxy) is 1. The van der Waals surface area contributed by atoms with E-state index < -0.39 is 0 Å². The van der Waals surface area contributed by atoms with E-state index in [0.29, 0.717) is 6.04 Å². The Morgan fingerprint density at radius 3 is 2.80 bits per heavy atom. The molecule has 0 amide bonds. The zero-order valence-corrected chi connectivity index (χ0v) is 14.0. The van der Waals surface area contributed by atoms with Gasteiger partial charge in [0.05, 0.1) is 7.11 Å². The van der Waals surface area contributed by atoms with Crippen molar-refractivity contribution in [3.8, 4) is 5.75 Å². The van der Waals surface area contributed by atoms with Crippen molar-refractivity contribution in [2.75, 3.05) is 45.8 Å². The van der Waals surface area contributed by atoms with E-state index in [1.165, 1.54) is 23.5 Å². The molecule has 0 fully saturated rings. The van der Waals surface area contributed by atoms with Gasteiger partial charge >= 0.3 is 0 Å². The summed E-state index contributed by atoms with van der Waals surface area (Å²) in [6.07, 6.45) is 1.23. The Bertz CT molecular complexity index is 371. The van der Waals surface area contributed by atoms with Crippen LogP contribution in [-0.4, -0.2) is 50.7 Å². The zero-order chi connectivity index (χ0) is 14.8. The molecule has 4 heteroatoms. The number of benzene rings is 1. The number of nitrogens with one attached hydrogen (secondary N) is 1. The molecule has 20 heavy (non-hydrogen) atoms. The second kappa shape index (κ2) is 10.1. The number of methoxy groups -OCH3 is 1. The third-order valence-corrected chi connectivity index (χ3v) is 4.27. The van der Waals surface area contributed by atoms with Crippen LogP contribution in [0.2, 0.25) is 0 Å². The number of hydrogen-bond acceptors (Lipinski definition) is 4. The molecular weight excluding hydrogens is 268 g/mol. The molecule has 0 radical (unpaired) electrons. The normalized spacial score (nSPS) is 12.7. The molecule has 0 saturated carbocycles. The molecule has 0 aromatic heterocycles. The number of likely N-dealkylation sites (N-methyl/N-ethyl adjacent to an activating group) is 1. The Balaban J connectivity index is 2.47. The highest BCUT2D eigenvalue weighted by atomic mass is 32.2. The van der Waals surface area contributed by atoms with Crippen molar-refractivity contribution in [3.63, 3.8) is 0 Å². The number of rotatable bonds is 10. The summed E-state index contributed by atoms with van der Waals surface area (Å²) in [6.45, 7) is 4.27. The molecule has 1 aromatic carbocycles. The van der Waals surface area contributed by atoms with Gasteiger partial charge in [-0.25, -0.2) is 0 Å². The molecule has 0 saturated heterocycles. The van der Waals surface area contributed by atoms with Gasteiger partial charge in [0.1, 0.15) is 5.75 Å². The fourth-order valence-electron chi connectivity index (χ4n) is 2.13. The highest BCUT2D eigenvalue weighted by Crippen LogP contribution is 2.22. The summed E-state index contributed by atoms with van der Waals surface area (Å²) in [6, 6.07) is 8.72. The van der Waals surface area contributed by atoms with Crippen molar-refractivity contribution >= 4 is 11.8 Å². The van der Waals surface area contributed by atoms with E-state index in [1.54, 1.807) is 7.11 Å². The van der Waals surface area contributed by atoms with Gasteiger partial charge in [0.15, 0.2) is 0 Å². The van der Waals surface area contributed by atoms with E-state index in [9.17, 15) is 0 Å². The molecule has 0 bridgehead atoms. The lowest BCUT2D eigenvalue weighted by Gasteiger charge is -2.25. The van der Waals surface area contributed by atoms with Gasteiger partial charge in [0.25, 0.3) is 0 Å². The highest BCUT2D eigenvalue weighted by molar-refractivity contribution is 7.99. The molecule has 0 heterocycles. The summed E-state index contributed by atoms with van der Waals surface area (Å²) >= 11 is 2.01. The van der Waals surface area contributed by atoms with Crippen LogP contribution in [0.15, 0.2) is 24.3 Å². The first-order valence-corrected chi connectivity index (χ1v) is 8.43. The third-order valence-electron chi connectivity index (χ3n) is 3.29. The minimum atomic E-state index is 0.379. The summed E-state index contributed by atoms with van der Waals surface area (Å²) in [4.78, 5) is 2.25. The smallest absolute Gasteiger partial charge is 0.119 e. The minimum absolute atomic E-state index is 0.379. The van der Waals surface area contributed by atoms with Crippen molar-refractivity contribution in [3.05, 3.63) is 29.8 Å². The Morgan fingerprint density at radius 2 is 2.15 bits per heavy atom. The van der Waals surface area contributed by atoms with Gasteiger partial charge in [0, 0.05) is 12.6 Å².